The molecule has 1 aliphatic heterocycles. The first-order chi connectivity index (χ1) is 8.31. The lowest BCUT2D eigenvalue weighted by Crippen LogP contribution is -2.41. The number of hydrogen-bond donors (Lipinski definition) is 1. The van der Waals surface area contributed by atoms with Crippen LogP contribution in [0.5, 0.6) is 0 Å². The Morgan fingerprint density at radius 3 is 2.88 bits per heavy atom. The van der Waals surface area contributed by atoms with Gasteiger partial charge in [0.2, 0.25) is 0 Å². The van der Waals surface area contributed by atoms with Crippen molar-refractivity contribution in [3.05, 3.63) is 12.2 Å². The van der Waals surface area contributed by atoms with Crippen molar-refractivity contribution in [3.63, 3.8) is 0 Å². The number of thiol groups is 1. The molecule has 2 aliphatic rings. The Bertz CT molecular complexity index is 384. The van der Waals surface area contributed by atoms with Gasteiger partial charge in [-0.25, -0.2) is 0 Å². The third-order valence-electron chi connectivity index (χ3n) is 4.28. The van der Waals surface area contributed by atoms with Crippen LogP contribution in [-0.4, -0.2) is 38.5 Å². The van der Waals surface area contributed by atoms with E-state index in [2.05, 4.69) is 32.3 Å². The summed E-state index contributed by atoms with van der Waals surface area (Å²) >= 11 is 4.58. The zero-order chi connectivity index (χ0) is 11.7. The highest BCUT2D eigenvalue weighted by Crippen LogP contribution is 2.40. The number of fused-ring (bicyclic) bond motifs is 1. The molecule has 4 nitrogen and oxygen atoms in total. The molecule has 94 valence electrons. The molecule has 0 N–H and O–H groups in total. The molecule has 0 bridgehead atoms. The van der Waals surface area contributed by atoms with E-state index in [1.807, 2.05) is 6.33 Å². The largest absolute Gasteiger partial charge is 0.315 e. The van der Waals surface area contributed by atoms with Gasteiger partial charge in [0, 0.05) is 19.6 Å². The van der Waals surface area contributed by atoms with Crippen LogP contribution in [0.2, 0.25) is 0 Å². The molecule has 2 heterocycles. The molecule has 1 saturated carbocycles. The van der Waals surface area contributed by atoms with Crippen molar-refractivity contribution in [2.24, 2.45) is 5.41 Å². The van der Waals surface area contributed by atoms with Crippen molar-refractivity contribution in [3.8, 4) is 0 Å². The fourth-order valence-electron chi connectivity index (χ4n) is 3.22. The maximum atomic E-state index is 4.58. The third-order valence-corrected chi connectivity index (χ3v) is 4.95. The van der Waals surface area contributed by atoms with E-state index in [4.69, 9.17) is 0 Å². The zero-order valence-corrected chi connectivity index (χ0v) is 11.1. The summed E-state index contributed by atoms with van der Waals surface area (Å²) in [5.41, 5.74) is 0.464. The third kappa shape index (κ3) is 2.22. The van der Waals surface area contributed by atoms with Gasteiger partial charge in [-0.15, -0.1) is 10.2 Å². The van der Waals surface area contributed by atoms with E-state index in [1.54, 1.807) is 0 Å². The molecular weight excluding hydrogens is 232 g/mol. The van der Waals surface area contributed by atoms with Crippen LogP contribution in [0, 0.1) is 5.41 Å². The molecule has 0 atom stereocenters. The van der Waals surface area contributed by atoms with Crippen molar-refractivity contribution >= 4 is 12.6 Å². The van der Waals surface area contributed by atoms with Crippen LogP contribution in [0.1, 0.15) is 31.5 Å². The van der Waals surface area contributed by atoms with Crippen LogP contribution in [0.4, 0.5) is 0 Å². The molecule has 1 aromatic rings. The van der Waals surface area contributed by atoms with Gasteiger partial charge >= 0.3 is 0 Å². The first-order valence-corrected chi connectivity index (χ1v) is 7.14. The quantitative estimate of drug-likeness (QED) is 0.829. The molecule has 0 aromatic carbocycles. The molecule has 3 rings (SSSR count). The molecular formula is C12H20N4S. The summed E-state index contributed by atoms with van der Waals surface area (Å²) in [6.07, 6.45) is 7.30. The Labute approximate surface area is 108 Å². The highest BCUT2D eigenvalue weighted by atomic mass is 32.1. The highest BCUT2D eigenvalue weighted by Gasteiger charge is 2.35. The van der Waals surface area contributed by atoms with E-state index in [0.29, 0.717) is 5.41 Å². The van der Waals surface area contributed by atoms with Gasteiger partial charge in [-0.3, -0.25) is 4.90 Å². The molecule has 0 amide bonds. The first-order valence-electron chi connectivity index (χ1n) is 6.51. The fourth-order valence-corrected chi connectivity index (χ4v) is 3.63. The predicted octanol–water partition coefficient (Wildman–Crippen LogP) is 1.58. The van der Waals surface area contributed by atoms with Crippen LogP contribution >= 0.6 is 12.6 Å². The van der Waals surface area contributed by atoms with Crippen molar-refractivity contribution in [2.45, 2.75) is 38.8 Å². The van der Waals surface area contributed by atoms with E-state index < -0.39 is 0 Å². The predicted molar refractivity (Wildman–Crippen MR) is 70.1 cm³/mol. The summed E-state index contributed by atoms with van der Waals surface area (Å²) in [5, 5.41) is 8.16. The Balaban J connectivity index is 1.67. The summed E-state index contributed by atoms with van der Waals surface area (Å²) in [4.78, 5) is 2.53. The van der Waals surface area contributed by atoms with Crippen LogP contribution in [0.25, 0.3) is 0 Å². The van der Waals surface area contributed by atoms with E-state index >= 15 is 0 Å². The number of nitrogens with zero attached hydrogens (tertiary/aromatic N) is 4. The maximum Gasteiger partial charge on any atom is 0.147 e. The summed E-state index contributed by atoms with van der Waals surface area (Å²) in [5.74, 6) is 2.14. The second-order valence-electron chi connectivity index (χ2n) is 5.52. The normalized spacial score (nSPS) is 23.8. The number of rotatable bonds is 3. The van der Waals surface area contributed by atoms with Gasteiger partial charge in [0.15, 0.2) is 0 Å². The Morgan fingerprint density at radius 1 is 1.29 bits per heavy atom. The lowest BCUT2D eigenvalue weighted by molar-refractivity contribution is 0.139. The second-order valence-corrected chi connectivity index (χ2v) is 5.83. The highest BCUT2D eigenvalue weighted by molar-refractivity contribution is 7.80. The molecule has 0 unspecified atom stereocenters. The van der Waals surface area contributed by atoms with E-state index in [1.165, 1.54) is 32.2 Å². The van der Waals surface area contributed by atoms with Crippen LogP contribution in [0.15, 0.2) is 6.33 Å². The van der Waals surface area contributed by atoms with Crippen molar-refractivity contribution in [2.75, 3.05) is 18.8 Å². The van der Waals surface area contributed by atoms with Gasteiger partial charge in [0.1, 0.15) is 12.2 Å². The minimum absolute atomic E-state index is 0.464. The van der Waals surface area contributed by atoms with Crippen LogP contribution < -0.4 is 0 Å². The molecule has 5 heteroatoms. The summed E-state index contributed by atoms with van der Waals surface area (Å²) in [6.45, 7) is 4.30. The molecule has 17 heavy (non-hydrogen) atoms. The van der Waals surface area contributed by atoms with Gasteiger partial charge in [-0.05, 0) is 24.0 Å². The monoisotopic (exact) mass is 252 g/mol. The van der Waals surface area contributed by atoms with E-state index in [9.17, 15) is 0 Å². The summed E-state index contributed by atoms with van der Waals surface area (Å²) < 4.78 is 2.17. The Hall–Kier alpha value is -0.550. The maximum absolute atomic E-state index is 4.58. The summed E-state index contributed by atoms with van der Waals surface area (Å²) in [7, 11) is 0. The van der Waals surface area contributed by atoms with E-state index in [0.717, 1.165) is 31.2 Å². The first kappa shape index (κ1) is 11.5. The number of hydrogen-bond acceptors (Lipinski definition) is 4. The SMILES string of the molecule is SCC1(CN2CCn3cnnc3C2)CCCC1. The average molecular weight is 252 g/mol. The van der Waals surface area contributed by atoms with Gasteiger partial charge in [0.05, 0.1) is 6.54 Å². The van der Waals surface area contributed by atoms with Gasteiger partial charge in [0.25, 0.3) is 0 Å². The molecule has 1 aliphatic carbocycles. The minimum atomic E-state index is 0.464. The zero-order valence-electron chi connectivity index (χ0n) is 10.2. The van der Waals surface area contributed by atoms with Gasteiger partial charge in [-0.2, -0.15) is 12.6 Å². The lowest BCUT2D eigenvalue weighted by Gasteiger charge is -2.36. The van der Waals surface area contributed by atoms with Crippen molar-refractivity contribution in [1.82, 2.24) is 19.7 Å². The fraction of sp³-hybridized carbons (Fsp3) is 0.833. The van der Waals surface area contributed by atoms with Gasteiger partial charge in [-0.1, -0.05) is 12.8 Å². The average Bonchev–Trinajstić information content (AvgIpc) is 2.97. The van der Waals surface area contributed by atoms with Crippen molar-refractivity contribution < 1.29 is 0 Å². The molecule has 0 saturated heterocycles. The smallest absolute Gasteiger partial charge is 0.147 e. The molecule has 0 spiro atoms. The Morgan fingerprint density at radius 2 is 2.12 bits per heavy atom. The number of aromatic nitrogens is 3. The molecule has 0 radical (unpaired) electrons. The van der Waals surface area contributed by atoms with Gasteiger partial charge < -0.3 is 4.57 Å². The topological polar surface area (TPSA) is 34.0 Å². The van der Waals surface area contributed by atoms with E-state index in [-0.39, 0.29) is 0 Å². The molecule has 1 aromatic heterocycles. The molecule has 1 fully saturated rings. The Kier molecular flexibility index (Phi) is 3.13. The summed E-state index contributed by atoms with van der Waals surface area (Å²) in [6, 6.07) is 0. The van der Waals surface area contributed by atoms with Crippen molar-refractivity contribution in [1.29, 1.82) is 0 Å². The van der Waals surface area contributed by atoms with Crippen LogP contribution in [0.3, 0.4) is 0 Å². The standard InChI is InChI=1S/C12H20N4S/c17-9-12(3-1-2-4-12)8-15-5-6-16-10-13-14-11(16)7-15/h10,17H,1-9H2. The van der Waals surface area contributed by atoms with Crippen LogP contribution in [-0.2, 0) is 13.1 Å². The second kappa shape index (κ2) is 4.61. The minimum Gasteiger partial charge on any atom is -0.315 e. The lowest BCUT2D eigenvalue weighted by atomic mass is 9.87.